The number of amides is 2. The van der Waals surface area contributed by atoms with Crippen molar-refractivity contribution in [3.63, 3.8) is 0 Å². The van der Waals surface area contributed by atoms with Crippen molar-refractivity contribution >= 4 is 50.7 Å². The molecule has 2 amide bonds. The first-order valence-corrected chi connectivity index (χ1v) is 14.3. The lowest BCUT2D eigenvalue weighted by atomic mass is 10.1. The van der Waals surface area contributed by atoms with Crippen LogP contribution >= 0.6 is 23.2 Å². The maximum Gasteiger partial charge on any atom is 0.244 e. The number of carbonyl (C=O) groups is 2. The zero-order chi connectivity index (χ0) is 25.6. The van der Waals surface area contributed by atoms with Gasteiger partial charge in [0.2, 0.25) is 21.8 Å². The van der Waals surface area contributed by atoms with Gasteiger partial charge in [-0.3, -0.25) is 13.9 Å². The Bertz CT molecular complexity index is 1120. The number of benzene rings is 2. The molecule has 0 bridgehead atoms. The van der Waals surface area contributed by atoms with E-state index >= 15 is 0 Å². The van der Waals surface area contributed by atoms with Crippen molar-refractivity contribution in [1.82, 2.24) is 10.2 Å². The van der Waals surface area contributed by atoms with Gasteiger partial charge in [-0.15, -0.1) is 0 Å². The van der Waals surface area contributed by atoms with Crippen molar-refractivity contribution in [2.45, 2.75) is 57.7 Å². The van der Waals surface area contributed by atoms with Crippen molar-refractivity contribution in [3.8, 4) is 0 Å². The number of nitrogens with zero attached hydrogens (tertiary/aromatic N) is 2. The standard InChI is InChI=1S/C25H31Cl2N3O4S/c1-3-23(25(32)28-18-10-7-8-11-18)29(16-20-21(26)14-9-15-22(20)27)24(31)17-30(35(2,33)34)19-12-5-4-6-13-19/h4-6,9,12-15,18,23H,3,7-8,10-11,16-17H2,1-2H3,(H,28,32)/t23-/m0/s1. The second-order valence-electron chi connectivity index (χ2n) is 8.74. The van der Waals surface area contributed by atoms with Crippen LogP contribution in [0.15, 0.2) is 48.5 Å². The van der Waals surface area contributed by atoms with Crippen LogP contribution in [0.4, 0.5) is 5.69 Å². The number of carbonyl (C=O) groups excluding carboxylic acids is 2. The highest BCUT2D eigenvalue weighted by molar-refractivity contribution is 7.92. The Kier molecular flexibility index (Phi) is 9.44. The SMILES string of the molecule is CC[C@@H](C(=O)NC1CCCC1)N(Cc1c(Cl)cccc1Cl)C(=O)CN(c1ccccc1)S(C)(=O)=O. The van der Waals surface area contributed by atoms with Gasteiger partial charge in [0.1, 0.15) is 12.6 Å². The van der Waals surface area contributed by atoms with E-state index < -0.39 is 28.5 Å². The second kappa shape index (κ2) is 12.1. The van der Waals surface area contributed by atoms with Gasteiger partial charge in [0.05, 0.1) is 11.9 Å². The Morgan fingerprint density at radius 1 is 1.03 bits per heavy atom. The van der Waals surface area contributed by atoms with Crippen LogP contribution in [0.3, 0.4) is 0 Å². The largest absolute Gasteiger partial charge is 0.352 e. The fourth-order valence-corrected chi connectivity index (χ4v) is 5.72. The van der Waals surface area contributed by atoms with Crippen LogP contribution < -0.4 is 9.62 Å². The van der Waals surface area contributed by atoms with E-state index in [-0.39, 0.29) is 18.5 Å². The first-order valence-electron chi connectivity index (χ1n) is 11.7. The number of anilines is 1. The Hall–Kier alpha value is -2.29. The van der Waals surface area contributed by atoms with Crippen LogP contribution in [0, 0.1) is 0 Å². The molecule has 35 heavy (non-hydrogen) atoms. The van der Waals surface area contributed by atoms with Gasteiger partial charge >= 0.3 is 0 Å². The quantitative estimate of drug-likeness (QED) is 0.476. The monoisotopic (exact) mass is 539 g/mol. The van der Waals surface area contributed by atoms with Crippen molar-refractivity contribution in [2.24, 2.45) is 0 Å². The van der Waals surface area contributed by atoms with Crippen LogP contribution in [0.5, 0.6) is 0 Å². The molecule has 1 fully saturated rings. The third-order valence-electron chi connectivity index (χ3n) is 6.20. The summed E-state index contributed by atoms with van der Waals surface area (Å²) in [5.41, 5.74) is 0.865. The van der Waals surface area contributed by atoms with Crippen LogP contribution in [0.1, 0.15) is 44.6 Å². The van der Waals surface area contributed by atoms with Gasteiger partial charge in [-0.1, -0.05) is 67.2 Å². The molecule has 1 saturated carbocycles. The molecule has 7 nitrogen and oxygen atoms in total. The number of hydrogen-bond acceptors (Lipinski definition) is 4. The van der Waals surface area contributed by atoms with E-state index in [1.54, 1.807) is 48.5 Å². The number of nitrogens with one attached hydrogen (secondary N) is 1. The lowest BCUT2D eigenvalue weighted by molar-refractivity contribution is -0.140. The van der Waals surface area contributed by atoms with E-state index in [4.69, 9.17) is 23.2 Å². The Morgan fingerprint density at radius 3 is 2.17 bits per heavy atom. The van der Waals surface area contributed by atoms with E-state index in [0.717, 1.165) is 36.2 Å². The normalized spacial score (nSPS) is 15.0. The van der Waals surface area contributed by atoms with Gasteiger partial charge in [-0.25, -0.2) is 8.42 Å². The first-order chi connectivity index (χ1) is 16.6. The third kappa shape index (κ3) is 7.12. The molecule has 1 N–H and O–H groups in total. The van der Waals surface area contributed by atoms with Gasteiger partial charge in [0.25, 0.3) is 0 Å². The zero-order valence-electron chi connectivity index (χ0n) is 19.9. The van der Waals surface area contributed by atoms with Gasteiger partial charge in [0.15, 0.2) is 0 Å². The van der Waals surface area contributed by atoms with E-state index in [0.29, 0.717) is 27.7 Å². The summed E-state index contributed by atoms with van der Waals surface area (Å²) < 4.78 is 26.2. The third-order valence-corrected chi connectivity index (χ3v) is 8.05. The molecular weight excluding hydrogens is 509 g/mol. The van der Waals surface area contributed by atoms with E-state index in [2.05, 4.69) is 5.32 Å². The minimum atomic E-state index is -3.77. The molecule has 2 aromatic rings. The maximum absolute atomic E-state index is 13.7. The molecular formula is C25H31Cl2N3O4S. The minimum absolute atomic E-state index is 0.0275. The highest BCUT2D eigenvalue weighted by Gasteiger charge is 2.33. The molecule has 0 aliphatic heterocycles. The molecule has 3 rings (SSSR count). The highest BCUT2D eigenvalue weighted by atomic mass is 35.5. The number of hydrogen-bond donors (Lipinski definition) is 1. The summed E-state index contributed by atoms with van der Waals surface area (Å²) in [6, 6.07) is 12.7. The Labute approximate surface area is 217 Å². The Balaban J connectivity index is 1.95. The summed E-state index contributed by atoms with van der Waals surface area (Å²) in [5, 5.41) is 3.80. The van der Waals surface area contributed by atoms with Crippen LogP contribution in [-0.4, -0.2) is 50.0 Å². The highest BCUT2D eigenvalue weighted by Crippen LogP contribution is 2.28. The molecule has 1 atom stereocenters. The van der Waals surface area contributed by atoms with E-state index in [9.17, 15) is 18.0 Å². The Morgan fingerprint density at radius 2 is 1.63 bits per heavy atom. The molecule has 0 unspecified atom stereocenters. The van der Waals surface area contributed by atoms with Gasteiger partial charge in [-0.2, -0.15) is 0 Å². The molecule has 1 aliphatic rings. The number of rotatable bonds is 10. The lowest BCUT2D eigenvalue weighted by Gasteiger charge is -2.33. The molecule has 0 spiro atoms. The maximum atomic E-state index is 13.7. The topological polar surface area (TPSA) is 86.8 Å². The van der Waals surface area contributed by atoms with Crippen molar-refractivity contribution in [3.05, 3.63) is 64.1 Å². The van der Waals surface area contributed by atoms with Crippen molar-refractivity contribution in [1.29, 1.82) is 0 Å². The summed E-state index contributed by atoms with van der Waals surface area (Å²) in [4.78, 5) is 28.4. The summed E-state index contributed by atoms with van der Waals surface area (Å²) in [6.45, 7) is 1.33. The summed E-state index contributed by atoms with van der Waals surface area (Å²) >= 11 is 12.8. The molecule has 0 saturated heterocycles. The zero-order valence-corrected chi connectivity index (χ0v) is 22.2. The fraction of sp³-hybridized carbons (Fsp3) is 0.440. The average molecular weight is 541 g/mol. The van der Waals surface area contributed by atoms with Crippen LogP contribution in [0.25, 0.3) is 0 Å². The number of para-hydroxylation sites is 1. The molecule has 2 aromatic carbocycles. The van der Waals surface area contributed by atoms with Gasteiger partial charge in [0, 0.05) is 28.2 Å². The summed E-state index contributed by atoms with van der Waals surface area (Å²) in [6.07, 6.45) is 5.31. The molecule has 190 valence electrons. The molecule has 0 heterocycles. The molecule has 0 aromatic heterocycles. The van der Waals surface area contributed by atoms with E-state index in [1.807, 2.05) is 6.92 Å². The van der Waals surface area contributed by atoms with E-state index in [1.165, 1.54) is 4.90 Å². The van der Waals surface area contributed by atoms with Crippen molar-refractivity contribution < 1.29 is 18.0 Å². The second-order valence-corrected chi connectivity index (χ2v) is 11.5. The minimum Gasteiger partial charge on any atom is -0.352 e. The molecule has 1 aliphatic carbocycles. The number of sulfonamides is 1. The average Bonchev–Trinajstić information content (AvgIpc) is 3.32. The van der Waals surface area contributed by atoms with Gasteiger partial charge < -0.3 is 10.2 Å². The van der Waals surface area contributed by atoms with Gasteiger partial charge in [-0.05, 0) is 43.5 Å². The first kappa shape index (κ1) is 27.3. The smallest absolute Gasteiger partial charge is 0.244 e. The lowest BCUT2D eigenvalue weighted by Crippen LogP contribution is -2.53. The summed E-state index contributed by atoms with van der Waals surface area (Å²) in [5.74, 6) is -0.787. The van der Waals surface area contributed by atoms with Crippen molar-refractivity contribution in [2.75, 3.05) is 17.1 Å². The predicted molar refractivity (Wildman–Crippen MR) is 140 cm³/mol. The predicted octanol–water partition coefficient (Wildman–Crippen LogP) is 4.63. The van der Waals surface area contributed by atoms with Crippen LogP contribution in [-0.2, 0) is 26.2 Å². The molecule has 10 heteroatoms. The number of halogens is 2. The molecule has 0 radical (unpaired) electrons. The van der Waals surface area contributed by atoms with Crippen LogP contribution in [0.2, 0.25) is 10.0 Å². The fourth-order valence-electron chi connectivity index (χ4n) is 4.35. The summed E-state index contributed by atoms with van der Waals surface area (Å²) in [7, 11) is -3.77.